The first-order valence-electron chi connectivity index (χ1n) is 8.86. The third kappa shape index (κ3) is 6.29. The largest absolute Gasteiger partial charge is 0.370 e. The zero-order chi connectivity index (χ0) is 22.3. The molecule has 0 spiro atoms. The van der Waals surface area contributed by atoms with Gasteiger partial charge >= 0.3 is 6.03 Å². The number of halogens is 4. The third-order valence-corrected chi connectivity index (χ3v) is 4.08. The number of morpholine rings is 1. The molecule has 0 bridgehead atoms. The topological polar surface area (TPSA) is 126 Å². The second kappa shape index (κ2) is 10.7. The minimum absolute atomic E-state index is 0.00354. The predicted molar refractivity (Wildman–Crippen MR) is 98.6 cm³/mol. The van der Waals surface area contributed by atoms with Gasteiger partial charge < -0.3 is 31.3 Å². The number of anilines is 2. The molecule has 1 aliphatic rings. The maximum absolute atomic E-state index is 13.5. The smallest absolute Gasteiger partial charge is 0.315 e. The molecular formula is C17H21F4N5O4. The molecule has 1 aliphatic heterocycles. The number of nitrogens with zero attached hydrogens (tertiary/aromatic N) is 1. The summed E-state index contributed by atoms with van der Waals surface area (Å²) in [6.07, 6.45) is -5.71. The Morgan fingerprint density at radius 3 is 2.57 bits per heavy atom. The highest BCUT2D eigenvalue weighted by Crippen LogP contribution is 2.33. The first-order chi connectivity index (χ1) is 14.2. The van der Waals surface area contributed by atoms with Crippen molar-refractivity contribution in [3.05, 3.63) is 23.8 Å². The maximum Gasteiger partial charge on any atom is 0.315 e. The molecule has 1 heterocycles. The van der Waals surface area contributed by atoms with Crippen LogP contribution in [-0.4, -0.2) is 63.2 Å². The molecule has 13 heteroatoms. The molecule has 0 radical (unpaired) electrons. The van der Waals surface area contributed by atoms with Gasteiger partial charge in [-0.05, 0) is 18.2 Å². The van der Waals surface area contributed by atoms with Crippen molar-refractivity contribution in [2.45, 2.75) is 18.9 Å². The summed E-state index contributed by atoms with van der Waals surface area (Å²) in [5.74, 6) is -1.30. The van der Waals surface area contributed by atoms with Crippen LogP contribution in [0.2, 0.25) is 0 Å². The van der Waals surface area contributed by atoms with Gasteiger partial charge in [-0.1, -0.05) is 0 Å². The van der Waals surface area contributed by atoms with E-state index in [1.807, 2.05) is 5.32 Å². The van der Waals surface area contributed by atoms with Gasteiger partial charge in [0.05, 0.1) is 18.8 Å². The van der Waals surface area contributed by atoms with Gasteiger partial charge in [-0.25, -0.2) is 22.4 Å². The van der Waals surface area contributed by atoms with Crippen molar-refractivity contribution in [1.29, 1.82) is 0 Å². The fraction of sp³-hybridized carbons (Fsp3) is 0.471. The number of carbonyl (C=O) groups is 3. The van der Waals surface area contributed by atoms with Crippen molar-refractivity contribution < 1.29 is 36.7 Å². The molecule has 2 rings (SSSR count). The van der Waals surface area contributed by atoms with Gasteiger partial charge in [0.2, 0.25) is 5.91 Å². The summed E-state index contributed by atoms with van der Waals surface area (Å²) in [5, 5.41) is 6.30. The summed E-state index contributed by atoms with van der Waals surface area (Å²) in [4.78, 5) is 36.9. The van der Waals surface area contributed by atoms with Gasteiger partial charge in [-0.3, -0.25) is 9.59 Å². The van der Waals surface area contributed by atoms with Crippen LogP contribution in [0.15, 0.2) is 18.2 Å². The van der Waals surface area contributed by atoms with E-state index in [9.17, 15) is 31.9 Å². The van der Waals surface area contributed by atoms with E-state index in [1.165, 1.54) is 17.0 Å². The lowest BCUT2D eigenvalue weighted by Crippen LogP contribution is -2.52. The lowest BCUT2D eigenvalue weighted by molar-refractivity contribution is -0.125. The molecule has 1 fully saturated rings. The summed E-state index contributed by atoms with van der Waals surface area (Å²) >= 11 is 0. The molecule has 1 atom stereocenters. The lowest BCUT2D eigenvalue weighted by atomic mass is 10.1. The number of ether oxygens (including phenoxy) is 1. The molecule has 0 aliphatic carbocycles. The average molecular weight is 435 g/mol. The van der Waals surface area contributed by atoms with Crippen LogP contribution in [0.1, 0.15) is 12.0 Å². The van der Waals surface area contributed by atoms with E-state index < -0.39 is 48.8 Å². The monoisotopic (exact) mass is 435 g/mol. The van der Waals surface area contributed by atoms with Crippen molar-refractivity contribution in [3.8, 4) is 0 Å². The maximum atomic E-state index is 13.5. The number of rotatable bonds is 8. The van der Waals surface area contributed by atoms with Crippen LogP contribution in [-0.2, 0) is 14.3 Å². The van der Waals surface area contributed by atoms with Crippen molar-refractivity contribution in [1.82, 2.24) is 10.6 Å². The first kappa shape index (κ1) is 23.3. The van der Waals surface area contributed by atoms with Crippen molar-refractivity contribution in [2.24, 2.45) is 5.73 Å². The van der Waals surface area contributed by atoms with Gasteiger partial charge in [0, 0.05) is 24.3 Å². The fourth-order valence-corrected chi connectivity index (χ4v) is 2.67. The lowest BCUT2D eigenvalue weighted by Gasteiger charge is -2.29. The molecule has 1 saturated heterocycles. The quantitative estimate of drug-likeness (QED) is 0.450. The highest BCUT2D eigenvalue weighted by molar-refractivity contribution is 5.99. The first-order valence-corrected chi connectivity index (χ1v) is 8.86. The number of alkyl halides is 4. The predicted octanol–water partition coefficient (Wildman–Crippen LogP) is 0.817. The molecule has 4 amide bonds. The number of hydrogen-bond acceptors (Lipinski definition) is 5. The second-order valence-electron chi connectivity index (χ2n) is 6.20. The van der Waals surface area contributed by atoms with E-state index in [0.29, 0.717) is 0 Å². The van der Waals surface area contributed by atoms with Gasteiger partial charge in [0.1, 0.15) is 12.6 Å². The molecule has 1 aromatic carbocycles. The summed E-state index contributed by atoms with van der Waals surface area (Å²) in [6.45, 7) is -1.19. The summed E-state index contributed by atoms with van der Waals surface area (Å²) in [5.41, 5.74) is 4.92. The van der Waals surface area contributed by atoms with E-state index in [0.717, 1.165) is 6.07 Å². The molecule has 30 heavy (non-hydrogen) atoms. The number of nitrogens with two attached hydrogens (primary N) is 1. The van der Waals surface area contributed by atoms with Crippen LogP contribution in [0.3, 0.4) is 0 Å². The highest BCUT2D eigenvalue weighted by Gasteiger charge is 2.26. The Morgan fingerprint density at radius 1 is 1.23 bits per heavy atom. The fourth-order valence-electron chi connectivity index (χ4n) is 2.67. The normalized spacial score (nSPS) is 15.3. The van der Waals surface area contributed by atoms with Crippen LogP contribution in [0, 0.1) is 0 Å². The molecule has 9 nitrogen and oxygen atoms in total. The molecule has 5 N–H and O–H groups in total. The Hall–Kier alpha value is -2.93. The van der Waals surface area contributed by atoms with Gasteiger partial charge in [-0.15, -0.1) is 0 Å². The van der Waals surface area contributed by atoms with Crippen molar-refractivity contribution in [3.63, 3.8) is 0 Å². The highest BCUT2D eigenvalue weighted by atomic mass is 19.3. The van der Waals surface area contributed by atoms with Crippen LogP contribution in [0.4, 0.5) is 33.7 Å². The SMILES string of the molecule is NC[C@@H](NC(=O)NCC(F)F)C(=O)Nc1ccc(N2CCOCC2=O)c(C(F)F)c1. The van der Waals surface area contributed by atoms with E-state index >= 15 is 0 Å². The summed E-state index contributed by atoms with van der Waals surface area (Å²) < 4.78 is 56.3. The van der Waals surface area contributed by atoms with Crippen molar-refractivity contribution in [2.75, 3.05) is 43.1 Å². The standard InChI is InChI=1S/C17H21F4N5O4/c18-13(19)7-23-17(29)25-11(6-22)16(28)24-9-1-2-12(10(5-9)15(20)21)26-3-4-30-8-14(26)27/h1-2,5,11,13,15H,3-4,6-8,22H2,(H,24,28)(H2,23,25,29)/t11-/m1/s1. The zero-order valence-electron chi connectivity index (χ0n) is 15.7. The Balaban J connectivity index is 2.11. The molecule has 0 unspecified atom stereocenters. The average Bonchev–Trinajstić information content (AvgIpc) is 2.70. The summed E-state index contributed by atoms with van der Waals surface area (Å²) in [6, 6.07) is 1.26. The minimum atomic E-state index is -2.93. The molecule has 166 valence electrons. The molecule has 1 aromatic rings. The number of benzene rings is 1. The number of urea groups is 1. The van der Waals surface area contributed by atoms with Gasteiger partial charge in [0.25, 0.3) is 18.8 Å². The van der Waals surface area contributed by atoms with Crippen LogP contribution in [0.25, 0.3) is 0 Å². The Morgan fingerprint density at radius 2 is 1.97 bits per heavy atom. The van der Waals surface area contributed by atoms with E-state index in [-0.39, 0.29) is 37.7 Å². The van der Waals surface area contributed by atoms with Crippen LogP contribution in [0.5, 0.6) is 0 Å². The van der Waals surface area contributed by atoms with E-state index in [4.69, 9.17) is 10.5 Å². The number of nitrogens with one attached hydrogen (secondary N) is 3. The van der Waals surface area contributed by atoms with Gasteiger partial charge in [0.15, 0.2) is 0 Å². The number of carbonyl (C=O) groups excluding carboxylic acids is 3. The summed E-state index contributed by atoms with van der Waals surface area (Å²) in [7, 11) is 0. The molecule has 0 aromatic heterocycles. The Bertz CT molecular complexity index is 781. The zero-order valence-corrected chi connectivity index (χ0v) is 15.7. The third-order valence-electron chi connectivity index (χ3n) is 4.08. The molecule has 0 saturated carbocycles. The Labute approximate surface area is 168 Å². The van der Waals surface area contributed by atoms with Gasteiger partial charge in [-0.2, -0.15) is 0 Å². The van der Waals surface area contributed by atoms with Crippen molar-refractivity contribution >= 4 is 29.2 Å². The number of hydrogen-bond donors (Lipinski definition) is 4. The second-order valence-corrected chi connectivity index (χ2v) is 6.20. The minimum Gasteiger partial charge on any atom is -0.370 e. The van der Waals surface area contributed by atoms with Crippen LogP contribution < -0.4 is 26.6 Å². The molecular weight excluding hydrogens is 414 g/mol. The van der Waals surface area contributed by atoms with Crippen LogP contribution >= 0.6 is 0 Å². The van der Waals surface area contributed by atoms with E-state index in [1.54, 1.807) is 0 Å². The van der Waals surface area contributed by atoms with E-state index in [2.05, 4.69) is 10.6 Å². The number of amides is 4. The Kier molecular flexibility index (Phi) is 8.35.